The van der Waals surface area contributed by atoms with Gasteiger partial charge in [-0.1, -0.05) is 5.16 Å². The molecule has 1 aliphatic heterocycles. The van der Waals surface area contributed by atoms with Gasteiger partial charge in [0.25, 0.3) is 5.89 Å². The third kappa shape index (κ3) is 1.91. The summed E-state index contributed by atoms with van der Waals surface area (Å²) >= 11 is 0. The second-order valence-electron chi connectivity index (χ2n) is 4.38. The molecule has 96 valence electrons. The lowest BCUT2D eigenvalue weighted by Crippen LogP contribution is -2.18. The van der Waals surface area contributed by atoms with Crippen LogP contribution in [0.1, 0.15) is 24.8 Å². The van der Waals surface area contributed by atoms with E-state index in [-0.39, 0.29) is 12.2 Å². The smallest absolute Gasteiger partial charge is 0.256 e. The van der Waals surface area contributed by atoms with Gasteiger partial charge >= 0.3 is 0 Å². The molecule has 0 bridgehead atoms. The number of rotatable bonds is 3. The predicted molar refractivity (Wildman–Crippen MR) is 62.4 cm³/mol. The largest absolute Gasteiger partial charge is 0.364 e. The van der Waals surface area contributed by atoms with Crippen molar-refractivity contribution >= 4 is 0 Å². The summed E-state index contributed by atoms with van der Waals surface area (Å²) in [4.78, 5) is 8.51. The van der Waals surface area contributed by atoms with Crippen molar-refractivity contribution in [2.24, 2.45) is 12.8 Å². The monoisotopic (exact) mass is 249 g/mol. The number of nitrogens with zero attached hydrogens (tertiary/aromatic N) is 4. The predicted octanol–water partition coefficient (Wildman–Crippen LogP) is 0.649. The zero-order chi connectivity index (χ0) is 12.5. The van der Waals surface area contributed by atoms with E-state index in [1.54, 1.807) is 6.20 Å². The summed E-state index contributed by atoms with van der Waals surface area (Å²) < 4.78 is 12.8. The summed E-state index contributed by atoms with van der Waals surface area (Å²) in [6.45, 7) is 0.525. The second-order valence-corrected chi connectivity index (χ2v) is 4.38. The van der Waals surface area contributed by atoms with Crippen molar-refractivity contribution in [3.63, 3.8) is 0 Å². The Morgan fingerprint density at radius 2 is 2.39 bits per heavy atom. The van der Waals surface area contributed by atoms with Crippen molar-refractivity contribution < 1.29 is 9.26 Å². The lowest BCUT2D eigenvalue weighted by atomic mass is 10.2. The molecule has 1 aliphatic rings. The normalized spacial score (nSPS) is 23.7. The molecule has 1 saturated heterocycles. The van der Waals surface area contributed by atoms with Gasteiger partial charge in [0.1, 0.15) is 6.10 Å². The van der Waals surface area contributed by atoms with Crippen LogP contribution in [0.4, 0.5) is 0 Å². The van der Waals surface area contributed by atoms with E-state index < -0.39 is 0 Å². The molecule has 2 unspecified atom stereocenters. The maximum atomic E-state index is 5.71. The van der Waals surface area contributed by atoms with E-state index in [0.29, 0.717) is 24.1 Å². The number of ether oxygens (including phenoxy) is 1. The van der Waals surface area contributed by atoms with Crippen molar-refractivity contribution in [1.82, 2.24) is 19.7 Å². The first-order valence-electron chi connectivity index (χ1n) is 5.94. The molecule has 2 atom stereocenters. The molecule has 18 heavy (non-hydrogen) atoms. The summed E-state index contributed by atoms with van der Waals surface area (Å²) in [6, 6.07) is 0. The SMILES string of the molecule is Cn1ccnc1-c1noc(C2CCC(CN)O2)n1. The van der Waals surface area contributed by atoms with E-state index in [0.717, 1.165) is 12.8 Å². The van der Waals surface area contributed by atoms with Gasteiger partial charge in [-0.3, -0.25) is 0 Å². The molecule has 3 rings (SSSR count). The topological polar surface area (TPSA) is 92.0 Å². The van der Waals surface area contributed by atoms with Crippen LogP contribution in [0.15, 0.2) is 16.9 Å². The van der Waals surface area contributed by atoms with Gasteiger partial charge < -0.3 is 19.6 Å². The van der Waals surface area contributed by atoms with E-state index in [2.05, 4.69) is 15.1 Å². The van der Waals surface area contributed by atoms with Crippen LogP contribution < -0.4 is 5.73 Å². The Labute approximate surface area is 104 Å². The highest BCUT2D eigenvalue weighted by atomic mass is 16.5. The average molecular weight is 249 g/mol. The van der Waals surface area contributed by atoms with Gasteiger partial charge in [-0.25, -0.2) is 4.98 Å². The number of hydrogen-bond donors (Lipinski definition) is 1. The molecule has 2 N–H and O–H groups in total. The zero-order valence-corrected chi connectivity index (χ0v) is 10.1. The van der Waals surface area contributed by atoms with Gasteiger partial charge in [-0.05, 0) is 12.8 Å². The Hall–Kier alpha value is -1.73. The highest BCUT2D eigenvalue weighted by Crippen LogP contribution is 2.31. The van der Waals surface area contributed by atoms with Gasteiger partial charge in [-0.15, -0.1) is 0 Å². The third-order valence-corrected chi connectivity index (χ3v) is 3.11. The van der Waals surface area contributed by atoms with Crippen LogP contribution in [0.3, 0.4) is 0 Å². The minimum atomic E-state index is -0.139. The van der Waals surface area contributed by atoms with Crippen molar-refractivity contribution in [2.75, 3.05) is 6.54 Å². The van der Waals surface area contributed by atoms with E-state index in [9.17, 15) is 0 Å². The molecule has 3 heterocycles. The Bertz CT molecular complexity index is 535. The molecule has 0 radical (unpaired) electrons. The summed E-state index contributed by atoms with van der Waals surface area (Å²) in [7, 11) is 1.88. The van der Waals surface area contributed by atoms with Crippen LogP contribution in [0.5, 0.6) is 0 Å². The molecular formula is C11H15N5O2. The zero-order valence-electron chi connectivity index (χ0n) is 10.1. The van der Waals surface area contributed by atoms with Gasteiger partial charge in [0, 0.05) is 26.0 Å². The van der Waals surface area contributed by atoms with E-state index in [1.807, 2.05) is 17.8 Å². The van der Waals surface area contributed by atoms with Crippen molar-refractivity contribution in [3.8, 4) is 11.6 Å². The quantitative estimate of drug-likeness (QED) is 0.858. The Balaban J connectivity index is 1.80. The highest BCUT2D eigenvalue weighted by Gasteiger charge is 2.30. The van der Waals surface area contributed by atoms with Crippen molar-refractivity contribution in [3.05, 3.63) is 18.3 Å². The Morgan fingerprint density at radius 1 is 1.50 bits per heavy atom. The third-order valence-electron chi connectivity index (χ3n) is 3.11. The van der Waals surface area contributed by atoms with Gasteiger partial charge in [0.15, 0.2) is 5.82 Å². The second kappa shape index (κ2) is 4.51. The first-order chi connectivity index (χ1) is 8.78. The summed E-state index contributed by atoms with van der Waals surface area (Å²) in [6.07, 6.45) is 5.29. The van der Waals surface area contributed by atoms with Crippen LogP contribution in [0.25, 0.3) is 11.6 Å². The first kappa shape index (κ1) is 11.4. The minimum Gasteiger partial charge on any atom is -0.364 e. The van der Waals surface area contributed by atoms with E-state index in [4.69, 9.17) is 15.0 Å². The standard InChI is InChI=1S/C11H15N5O2/c1-16-5-4-13-10(16)9-14-11(18-15-9)8-3-2-7(6-12)17-8/h4-5,7-8H,2-3,6,12H2,1H3. The first-order valence-corrected chi connectivity index (χ1v) is 5.94. The molecular weight excluding hydrogens is 234 g/mol. The number of nitrogens with two attached hydrogens (primary N) is 1. The van der Waals surface area contributed by atoms with Crippen LogP contribution in [0, 0.1) is 0 Å². The summed E-state index contributed by atoms with van der Waals surface area (Å²) in [5.41, 5.74) is 5.57. The molecule has 0 saturated carbocycles. The fourth-order valence-electron chi connectivity index (χ4n) is 2.10. The number of aromatic nitrogens is 4. The van der Waals surface area contributed by atoms with Crippen LogP contribution >= 0.6 is 0 Å². The van der Waals surface area contributed by atoms with Crippen LogP contribution in [-0.2, 0) is 11.8 Å². The number of hydrogen-bond acceptors (Lipinski definition) is 6. The maximum Gasteiger partial charge on any atom is 0.256 e. The molecule has 7 heteroatoms. The molecule has 1 fully saturated rings. The van der Waals surface area contributed by atoms with Gasteiger partial charge in [0.05, 0.1) is 6.10 Å². The van der Waals surface area contributed by atoms with Gasteiger partial charge in [-0.2, -0.15) is 4.98 Å². The van der Waals surface area contributed by atoms with E-state index in [1.165, 1.54) is 0 Å². The fraction of sp³-hybridized carbons (Fsp3) is 0.545. The molecule has 2 aromatic heterocycles. The van der Waals surface area contributed by atoms with Crippen molar-refractivity contribution in [2.45, 2.75) is 25.0 Å². The van der Waals surface area contributed by atoms with Gasteiger partial charge in [0.2, 0.25) is 5.82 Å². The van der Waals surface area contributed by atoms with Crippen molar-refractivity contribution in [1.29, 1.82) is 0 Å². The number of imidazole rings is 1. The molecule has 2 aromatic rings. The minimum absolute atomic E-state index is 0.0958. The lowest BCUT2D eigenvalue weighted by molar-refractivity contribution is 0.0307. The molecule has 7 nitrogen and oxygen atoms in total. The summed E-state index contributed by atoms with van der Waals surface area (Å²) in [5, 5.41) is 3.93. The molecule has 0 spiro atoms. The van der Waals surface area contributed by atoms with Crippen LogP contribution in [0.2, 0.25) is 0 Å². The number of aryl methyl sites for hydroxylation is 1. The lowest BCUT2D eigenvalue weighted by Gasteiger charge is -2.07. The average Bonchev–Trinajstić information content (AvgIpc) is 3.07. The molecule has 0 aromatic carbocycles. The highest BCUT2D eigenvalue weighted by molar-refractivity contribution is 5.42. The fourth-order valence-corrected chi connectivity index (χ4v) is 2.10. The molecule has 0 amide bonds. The Kier molecular flexibility index (Phi) is 2.85. The van der Waals surface area contributed by atoms with Crippen LogP contribution in [-0.4, -0.2) is 32.3 Å². The Morgan fingerprint density at radius 3 is 3.06 bits per heavy atom. The maximum absolute atomic E-state index is 5.71. The summed E-state index contributed by atoms with van der Waals surface area (Å²) in [5.74, 6) is 1.67. The molecule has 0 aliphatic carbocycles. The van der Waals surface area contributed by atoms with E-state index >= 15 is 0 Å².